The van der Waals surface area contributed by atoms with Crippen LogP contribution in [-0.4, -0.2) is 204 Å². The molecule has 33 atom stereocenters. The molecule has 3 spiro atoms. The third-order valence-corrected chi connectivity index (χ3v) is 22.7. The maximum Gasteiger partial charge on any atom is 0.308 e. The average Bonchev–Trinajstić information content (AvgIpc) is 4.14. The fraction of sp³-hybridized carbons (Fsp3) is 0.918. The van der Waals surface area contributed by atoms with Gasteiger partial charge in [-0.15, -0.1) is 0 Å². The summed E-state index contributed by atoms with van der Waals surface area (Å²) in [6, 6.07) is 0. The largest absolute Gasteiger partial charge is 0.459 e. The van der Waals surface area contributed by atoms with E-state index in [9.17, 15) is 20.1 Å². The van der Waals surface area contributed by atoms with Crippen LogP contribution in [0.2, 0.25) is 0 Å². The minimum atomic E-state index is -1.54. The topological polar surface area (TPSA) is 225 Å². The summed E-state index contributed by atoms with van der Waals surface area (Å²) < 4.78 is 110. The van der Waals surface area contributed by atoms with Crippen LogP contribution in [0, 0.1) is 23.7 Å². The van der Waals surface area contributed by atoms with Crippen molar-refractivity contribution in [1.82, 2.24) is 0 Å². The van der Waals surface area contributed by atoms with E-state index in [-0.39, 0.29) is 135 Å². The normalized spacial score (nSPS) is 59.3. The molecule has 0 saturated carbocycles. The molecule has 17 rings (SSSR count). The highest BCUT2D eigenvalue weighted by Gasteiger charge is 2.75. The van der Waals surface area contributed by atoms with Gasteiger partial charge in [0.15, 0.2) is 17.4 Å². The predicted octanol–water partition coefficient (Wildman–Crippen LogP) is 4.65. The van der Waals surface area contributed by atoms with Gasteiger partial charge in [0.2, 0.25) is 5.79 Å². The molecular formula is C61H86O20. The van der Waals surface area contributed by atoms with Crippen LogP contribution < -0.4 is 0 Å². The van der Waals surface area contributed by atoms with Crippen LogP contribution in [0.3, 0.4) is 0 Å². The molecule has 0 aromatic carbocycles. The Labute approximate surface area is 474 Å². The molecule has 20 heteroatoms. The number of hydrogen-bond acceptors (Lipinski definition) is 20. The molecule has 450 valence electrons. The zero-order chi connectivity index (χ0) is 55.2. The van der Waals surface area contributed by atoms with Crippen molar-refractivity contribution in [2.24, 2.45) is 23.7 Å². The summed E-state index contributed by atoms with van der Waals surface area (Å²) in [5.41, 5.74) is 2.09. The molecule has 17 aliphatic heterocycles. The average molecular weight is 1140 g/mol. The molecule has 17 fully saturated rings. The van der Waals surface area contributed by atoms with Gasteiger partial charge < -0.3 is 91.1 Å². The second-order valence-electron chi connectivity index (χ2n) is 28.3. The molecular weight excluding hydrogens is 1050 g/mol. The first kappa shape index (κ1) is 54.6. The summed E-state index contributed by atoms with van der Waals surface area (Å²) in [5, 5.41) is 31.9. The fourth-order valence-corrected chi connectivity index (χ4v) is 18.9. The summed E-state index contributed by atoms with van der Waals surface area (Å²) in [7, 11) is 0. The van der Waals surface area contributed by atoms with Crippen LogP contribution in [0.5, 0.6) is 0 Å². The Morgan fingerprint density at radius 3 is 2.05 bits per heavy atom. The molecule has 17 heterocycles. The Balaban J connectivity index is 0.630. The molecule has 12 bridgehead atoms. The van der Waals surface area contributed by atoms with Crippen molar-refractivity contribution in [2.75, 3.05) is 6.61 Å². The fourth-order valence-electron chi connectivity index (χ4n) is 18.9. The SMILES string of the molecule is C=C1C2C[C@@H]3O[C@H]4C[C@H]5O[C@]6(C[C@@H]7O[C@]8(C[C@H](C)[C@@H]9O[C@@H]%10C[C@@H]([C@@H](O)CO)O[C@@H]%10C[C@@H]9O8)C[C@H](C)[C@@H]7O6)C[C@H]5O[C@H]4[C@H](C)[C@H]3OC(=O)C[C@H]3CC[C@@H]4OC5[C@H]6OC7(O)C[C@](CC[C@H]8CC(=C)[C@H](CC[C@@H](C[C@H]1C)O2)O8)(O[C@H]6[C@H]4O3)O[C@@H]57. The smallest absolute Gasteiger partial charge is 0.308 e. The Bertz CT molecular complexity index is 2470. The number of aliphatic hydroxyl groups is 3. The predicted molar refractivity (Wildman–Crippen MR) is 278 cm³/mol. The standard InChI is InChI=1S/C61H86O20/c1-26-13-32-7-9-36-27(2)14-34(66-36)11-12-58-25-61(65)57(81-58)56-55(80-61)54(79-58)53-37(71-56)10-8-33(68-53)15-48(64)74-52-31(6)51-44(70-43(52)16-38(67-32)30(26)5)19-42-46(73-51)22-60(75-42)23-47-50(78-60)29(4)21-59(77-47)20-28(3)49-45(76-59)18-40-41(72-49)17-39(69-40)35(63)24-62/h26,28-29,31-47,49-57,62-63,65H,2,5,7-25H2,1,3-4,6H3/t26-,28+,29+,31+,32+,33-,34+,35+,36+,37+,38?,39+,40-,41-,42-,43+,44+,45+,46-,47+,49+,50+,51+,52-,53+,54+,55+,56?,57+,58-,59-,60-,61?/m1/s1. The van der Waals surface area contributed by atoms with Crippen LogP contribution in [0.15, 0.2) is 24.3 Å². The number of carbonyl (C=O) groups is 1. The lowest BCUT2D eigenvalue weighted by Gasteiger charge is -2.54. The van der Waals surface area contributed by atoms with Crippen molar-refractivity contribution < 1.29 is 95.9 Å². The molecule has 3 unspecified atom stereocenters. The van der Waals surface area contributed by atoms with Gasteiger partial charge in [0, 0.05) is 63.7 Å². The second-order valence-corrected chi connectivity index (χ2v) is 28.3. The molecule has 20 nitrogen and oxygen atoms in total. The first-order chi connectivity index (χ1) is 38.9. The van der Waals surface area contributed by atoms with Gasteiger partial charge in [-0.2, -0.15) is 0 Å². The van der Waals surface area contributed by atoms with E-state index in [4.69, 9.17) is 75.8 Å². The number of ether oxygens (including phenoxy) is 16. The van der Waals surface area contributed by atoms with E-state index in [1.54, 1.807) is 0 Å². The van der Waals surface area contributed by atoms with Crippen LogP contribution in [0.4, 0.5) is 0 Å². The Morgan fingerprint density at radius 2 is 1.20 bits per heavy atom. The first-order valence-electron chi connectivity index (χ1n) is 31.5. The molecule has 0 aliphatic carbocycles. The molecule has 0 radical (unpaired) electrons. The minimum Gasteiger partial charge on any atom is -0.459 e. The lowest BCUT2D eigenvalue weighted by atomic mass is 9.78. The van der Waals surface area contributed by atoms with Gasteiger partial charge in [0.1, 0.15) is 42.7 Å². The van der Waals surface area contributed by atoms with E-state index >= 15 is 0 Å². The van der Waals surface area contributed by atoms with E-state index in [1.165, 1.54) is 0 Å². The van der Waals surface area contributed by atoms with E-state index in [0.717, 1.165) is 36.8 Å². The second kappa shape index (κ2) is 19.9. The van der Waals surface area contributed by atoms with Gasteiger partial charge in [-0.3, -0.25) is 4.79 Å². The highest BCUT2D eigenvalue weighted by molar-refractivity contribution is 5.70. The Kier molecular flexibility index (Phi) is 13.4. The summed E-state index contributed by atoms with van der Waals surface area (Å²) >= 11 is 0. The first-order valence-corrected chi connectivity index (χ1v) is 31.5. The van der Waals surface area contributed by atoms with Crippen LogP contribution >= 0.6 is 0 Å². The van der Waals surface area contributed by atoms with Gasteiger partial charge in [-0.05, 0) is 73.8 Å². The lowest BCUT2D eigenvalue weighted by Crippen LogP contribution is -2.62. The van der Waals surface area contributed by atoms with Crippen LogP contribution in [0.25, 0.3) is 0 Å². The Morgan fingerprint density at radius 1 is 0.519 bits per heavy atom. The molecule has 0 aromatic heterocycles. The summed E-state index contributed by atoms with van der Waals surface area (Å²) in [4.78, 5) is 14.6. The van der Waals surface area contributed by atoms with Crippen molar-refractivity contribution in [2.45, 2.75) is 319 Å². The molecule has 3 N–H and O–H groups in total. The van der Waals surface area contributed by atoms with E-state index in [2.05, 4.69) is 40.9 Å². The third kappa shape index (κ3) is 9.12. The van der Waals surface area contributed by atoms with Crippen LogP contribution in [-0.2, 0) is 80.6 Å². The quantitative estimate of drug-likeness (QED) is 0.253. The minimum absolute atomic E-state index is 0.0214. The van der Waals surface area contributed by atoms with Crippen molar-refractivity contribution in [1.29, 1.82) is 0 Å². The zero-order valence-electron chi connectivity index (χ0n) is 47.4. The molecule has 17 saturated heterocycles. The number of aliphatic hydroxyl groups excluding tert-OH is 2. The maximum absolute atomic E-state index is 14.6. The lowest BCUT2D eigenvalue weighted by molar-refractivity contribution is -0.369. The third-order valence-electron chi connectivity index (χ3n) is 22.7. The van der Waals surface area contributed by atoms with E-state index < -0.39 is 90.3 Å². The van der Waals surface area contributed by atoms with Crippen LogP contribution in [0.1, 0.15) is 143 Å². The number of fused-ring (bicyclic) bond motifs is 11. The summed E-state index contributed by atoms with van der Waals surface area (Å²) in [6.45, 7) is 17.5. The number of hydrogen-bond donors (Lipinski definition) is 3. The maximum atomic E-state index is 14.6. The zero-order valence-corrected chi connectivity index (χ0v) is 47.4. The van der Waals surface area contributed by atoms with Crippen molar-refractivity contribution >= 4 is 5.97 Å². The van der Waals surface area contributed by atoms with Gasteiger partial charge in [-0.1, -0.05) is 40.9 Å². The molecule has 17 aliphatic rings. The Hall–Kier alpha value is -1.77. The number of carbonyl (C=O) groups excluding carboxylic acids is 1. The summed E-state index contributed by atoms with van der Waals surface area (Å²) in [6.07, 6.45) is 0.905. The van der Waals surface area contributed by atoms with E-state index in [1.807, 2.05) is 0 Å². The monoisotopic (exact) mass is 1140 g/mol. The van der Waals surface area contributed by atoms with Crippen molar-refractivity contribution in [3.05, 3.63) is 24.3 Å². The van der Waals surface area contributed by atoms with Gasteiger partial charge in [0.25, 0.3) is 0 Å². The van der Waals surface area contributed by atoms with Gasteiger partial charge in [0.05, 0.1) is 129 Å². The molecule has 81 heavy (non-hydrogen) atoms. The molecule has 0 aromatic rings. The van der Waals surface area contributed by atoms with Gasteiger partial charge >= 0.3 is 5.97 Å². The van der Waals surface area contributed by atoms with Crippen molar-refractivity contribution in [3.8, 4) is 0 Å². The molecule has 0 amide bonds. The highest BCUT2D eigenvalue weighted by atomic mass is 16.8. The van der Waals surface area contributed by atoms with Gasteiger partial charge in [-0.25, -0.2) is 0 Å². The number of rotatable bonds is 2. The van der Waals surface area contributed by atoms with E-state index in [0.29, 0.717) is 77.0 Å². The highest BCUT2D eigenvalue weighted by Crippen LogP contribution is 2.60. The summed E-state index contributed by atoms with van der Waals surface area (Å²) in [5.74, 6) is -4.57. The number of esters is 1. The van der Waals surface area contributed by atoms with Crippen molar-refractivity contribution in [3.63, 3.8) is 0 Å².